The van der Waals surface area contributed by atoms with E-state index in [1.54, 1.807) is 18.6 Å². The number of hydrogen-bond acceptors (Lipinski definition) is 3. The van der Waals surface area contributed by atoms with E-state index in [-0.39, 0.29) is 6.04 Å². The van der Waals surface area contributed by atoms with Crippen molar-refractivity contribution in [1.82, 2.24) is 4.98 Å². The molecule has 90 valence electrons. The van der Waals surface area contributed by atoms with E-state index >= 15 is 0 Å². The Labute approximate surface area is 110 Å². The molecule has 2 heterocycles. The van der Waals surface area contributed by atoms with Crippen LogP contribution in [-0.4, -0.2) is 4.98 Å². The minimum Gasteiger partial charge on any atom is -0.472 e. The van der Waals surface area contributed by atoms with E-state index in [4.69, 9.17) is 27.6 Å². The first-order chi connectivity index (χ1) is 8.08. The van der Waals surface area contributed by atoms with E-state index in [9.17, 15) is 0 Å². The average molecular weight is 271 g/mol. The van der Waals surface area contributed by atoms with Gasteiger partial charge in [0.1, 0.15) is 5.15 Å². The normalized spacial score (nSPS) is 12.5. The van der Waals surface area contributed by atoms with Crippen LogP contribution in [-0.2, 0) is 0 Å². The summed E-state index contributed by atoms with van der Waals surface area (Å²) in [5, 5.41) is 4.07. The summed E-state index contributed by atoms with van der Waals surface area (Å²) in [6, 6.07) is 3.77. The lowest BCUT2D eigenvalue weighted by Crippen LogP contribution is -2.08. The zero-order chi connectivity index (χ0) is 12.4. The Kier molecular flexibility index (Phi) is 3.60. The van der Waals surface area contributed by atoms with Gasteiger partial charge in [0.2, 0.25) is 0 Å². The van der Waals surface area contributed by atoms with Crippen molar-refractivity contribution in [1.29, 1.82) is 0 Å². The number of halogens is 2. The van der Waals surface area contributed by atoms with Crippen molar-refractivity contribution in [3.8, 4) is 0 Å². The fraction of sp³-hybridized carbons (Fsp3) is 0.250. The standard InChI is InChI=1S/C12H12Cl2N2O/c1-7-5-10(13)16-12(14)11(7)15-8(2)9-3-4-17-6-9/h3-6,8,15H,1-2H3. The number of aryl methyl sites for hydroxylation is 1. The molecule has 0 amide bonds. The van der Waals surface area contributed by atoms with Crippen LogP contribution >= 0.6 is 23.2 Å². The van der Waals surface area contributed by atoms with E-state index in [1.165, 1.54) is 0 Å². The van der Waals surface area contributed by atoms with Crippen molar-refractivity contribution in [2.24, 2.45) is 0 Å². The maximum absolute atomic E-state index is 6.06. The van der Waals surface area contributed by atoms with Crippen LogP contribution in [0.3, 0.4) is 0 Å². The molecule has 0 spiro atoms. The molecule has 2 aromatic rings. The summed E-state index contributed by atoms with van der Waals surface area (Å²) in [6.45, 7) is 3.96. The second-order valence-corrected chi connectivity index (χ2v) is 4.60. The molecule has 2 aromatic heterocycles. The van der Waals surface area contributed by atoms with Crippen LogP contribution in [0.15, 0.2) is 29.1 Å². The SMILES string of the molecule is Cc1cc(Cl)nc(Cl)c1NC(C)c1ccoc1. The van der Waals surface area contributed by atoms with E-state index in [1.807, 2.05) is 19.9 Å². The van der Waals surface area contributed by atoms with E-state index in [0.29, 0.717) is 10.3 Å². The van der Waals surface area contributed by atoms with Crippen molar-refractivity contribution >= 4 is 28.9 Å². The molecule has 17 heavy (non-hydrogen) atoms. The van der Waals surface area contributed by atoms with E-state index < -0.39 is 0 Å². The molecular weight excluding hydrogens is 259 g/mol. The average Bonchev–Trinajstić information content (AvgIpc) is 2.76. The summed E-state index contributed by atoms with van der Waals surface area (Å²) in [6.07, 6.45) is 3.34. The van der Waals surface area contributed by atoms with Gasteiger partial charge in [-0.3, -0.25) is 0 Å². The number of furan rings is 1. The van der Waals surface area contributed by atoms with Crippen LogP contribution in [0.4, 0.5) is 5.69 Å². The summed E-state index contributed by atoms with van der Waals surface area (Å²) in [5.41, 5.74) is 2.81. The first-order valence-corrected chi connectivity index (χ1v) is 5.95. The van der Waals surface area contributed by atoms with Gasteiger partial charge in [-0.05, 0) is 31.5 Å². The molecule has 2 rings (SSSR count). The van der Waals surface area contributed by atoms with E-state index in [0.717, 1.165) is 16.8 Å². The molecule has 3 nitrogen and oxygen atoms in total. The van der Waals surface area contributed by atoms with Crippen LogP contribution in [0.5, 0.6) is 0 Å². The molecule has 0 aliphatic heterocycles. The van der Waals surface area contributed by atoms with Crippen LogP contribution in [0.1, 0.15) is 24.1 Å². The van der Waals surface area contributed by atoms with Crippen molar-refractivity contribution in [3.05, 3.63) is 46.1 Å². The van der Waals surface area contributed by atoms with Gasteiger partial charge in [0, 0.05) is 5.56 Å². The van der Waals surface area contributed by atoms with E-state index in [2.05, 4.69) is 10.3 Å². The Morgan fingerprint density at radius 2 is 2.18 bits per heavy atom. The number of anilines is 1. The second kappa shape index (κ2) is 4.98. The lowest BCUT2D eigenvalue weighted by molar-refractivity contribution is 0.562. The lowest BCUT2D eigenvalue weighted by Gasteiger charge is -2.16. The number of rotatable bonds is 3. The number of hydrogen-bond donors (Lipinski definition) is 1. The molecule has 0 aromatic carbocycles. The number of nitrogens with zero attached hydrogens (tertiary/aromatic N) is 1. The number of nitrogens with one attached hydrogen (secondary N) is 1. The predicted octanol–water partition coefficient (Wildman–Crippen LogP) is 4.46. The van der Waals surface area contributed by atoms with Gasteiger partial charge in [-0.1, -0.05) is 23.2 Å². The second-order valence-electron chi connectivity index (χ2n) is 3.85. The van der Waals surface area contributed by atoms with Gasteiger partial charge in [0.15, 0.2) is 5.15 Å². The first kappa shape index (κ1) is 12.3. The highest BCUT2D eigenvalue weighted by atomic mass is 35.5. The fourth-order valence-electron chi connectivity index (χ4n) is 1.59. The molecule has 1 N–H and O–H groups in total. The molecule has 0 radical (unpaired) electrons. The molecular formula is C12H12Cl2N2O. The maximum atomic E-state index is 6.06. The van der Waals surface area contributed by atoms with Crippen molar-refractivity contribution in [2.75, 3.05) is 5.32 Å². The van der Waals surface area contributed by atoms with Crippen LogP contribution in [0.25, 0.3) is 0 Å². The summed E-state index contributed by atoms with van der Waals surface area (Å²) in [7, 11) is 0. The summed E-state index contributed by atoms with van der Waals surface area (Å²) < 4.78 is 5.04. The van der Waals surface area contributed by atoms with Crippen LogP contribution < -0.4 is 5.32 Å². The van der Waals surface area contributed by atoms with Crippen molar-refractivity contribution < 1.29 is 4.42 Å². The smallest absolute Gasteiger partial charge is 0.154 e. The number of aromatic nitrogens is 1. The fourth-order valence-corrected chi connectivity index (χ4v) is 2.18. The van der Waals surface area contributed by atoms with Gasteiger partial charge in [-0.2, -0.15) is 0 Å². The highest BCUT2D eigenvalue weighted by Crippen LogP contribution is 2.29. The highest BCUT2D eigenvalue weighted by molar-refractivity contribution is 6.34. The molecule has 5 heteroatoms. The quantitative estimate of drug-likeness (QED) is 0.837. The molecule has 0 bridgehead atoms. The van der Waals surface area contributed by atoms with Gasteiger partial charge in [0.25, 0.3) is 0 Å². The van der Waals surface area contributed by atoms with Gasteiger partial charge >= 0.3 is 0 Å². The minimum absolute atomic E-state index is 0.0907. The topological polar surface area (TPSA) is 38.1 Å². The molecule has 0 fully saturated rings. The van der Waals surface area contributed by atoms with Crippen molar-refractivity contribution in [2.45, 2.75) is 19.9 Å². The Morgan fingerprint density at radius 1 is 1.41 bits per heavy atom. The van der Waals surface area contributed by atoms with Gasteiger partial charge in [-0.25, -0.2) is 4.98 Å². The Morgan fingerprint density at radius 3 is 2.76 bits per heavy atom. The van der Waals surface area contributed by atoms with Crippen LogP contribution in [0.2, 0.25) is 10.3 Å². The Hall–Kier alpha value is -1.19. The number of pyridine rings is 1. The zero-order valence-corrected chi connectivity index (χ0v) is 11.0. The zero-order valence-electron chi connectivity index (χ0n) is 9.50. The molecule has 0 saturated carbocycles. The molecule has 0 aliphatic carbocycles. The summed E-state index contributed by atoms with van der Waals surface area (Å²) >= 11 is 11.9. The Bertz CT molecular complexity index is 488. The lowest BCUT2D eigenvalue weighted by atomic mass is 10.1. The Balaban J connectivity index is 2.25. The molecule has 1 unspecified atom stereocenters. The van der Waals surface area contributed by atoms with Crippen molar-refractivity contribution in [3.63, 3.8) is 0 Å². The third-order valence-electron chi connectivity index (χ3n) is 2.55. The largest absolute Gasteiger partial charge is 0.472 e. The van der Waals surface area contributed by atoms with Gasteiger partial charge in [0.05, 0.1) is 24.3 Å². The maximum Gasteiger partial charge on any atom is 0.154 e. The third-order valence-corrected chi connectivity index (χ3v) is 3.01. The van der Waals surface area contributed by atoms with Gasteiger partial charge in [-0.15, -0.1) is 0 Å². The predicted molar refractivity (Wildman–Crippen MR) is 69.7 cm³/mol. The first-order valence-electron chi connectivity index (χ1n) is 5.19. The highest BCUT2D eigenvalue weighted by Gasteiger charge is 2.12. The summed E-state index contributed by atoms with van der Waals surface area (Å²) in [4.78, 5) is 4.01. The monoisotopic (exact) mass is 270 g/mol. The molecule has 0 saturated heterocycles. The van der Waals surface area contributed by atoms with Crippen LogP contribution in [0, 0.1) is 6.92 Å². The third kappa shape index (κ3) is 2.73. The summed E-state index contributed by atoms with van der Waals surface area (Å²) in [5.74, 6) is 0. The minimum atomic E-state index is 0.0907. The molecule has 1 atom stereocenters. The van der Waals surface area contributed by atoms with Gasteiger partial charge < -0.3 is 9.73 Å². The molecule has 0 aliphatic rings.